The van der Waals surface area contributed by atoms with Crippen molar-refractivity contribution in [2.75, 3.05) is 19.0 Å². The van der Waals surface area contributed by atoms with E-state index in [0.29, 0.717) is 18.1 Å². The molecule has 3 N–H and O–H groups in total. The van der Waals surface area contributed by atoms with Gasteiger partial charge < -0.3 is 15.8 Å². The number of methoxy groups -OCH3 is 1. The molecule has 0 spiro atoms. The highest BCUT2D eigenvalue weighted by Crippen LogP contribution is 2.15. The van der Waals surface area contributed by atoms with Gasteiger partial charge in [0.25, 0.3) is 0 Å². The number of hydrogen-bond acceptors (Lipinski definition) is 6. The first kappa shape index (κ1) is 15.1. The number of amides is 1. The number of anilines is 1. The average molecular weight is 290 g/mol. The van der Waals surface area contributed by atoms with Crippen LogP contribution in [0.1, 0.15) is 12.2 Å². The molecule has 0 aliphatic heterocycles. The van der Waals surface area contributed by atoms with Gasteiger partial charge in [-0.2, -0.15) is 4.68 Å². The minimum Gasteiger partial charge on any atom is -0.380 e. The van der Waals surface area contributed by atoms with Crippen LogP contribution in [0.25, 0.3) is 5.69 Å². The van der Waals surface area contributed by atoms with E-state index < -0.39 is 0 Å². The predicted molar refractivity (Wildman–Crippen MR) is 77.0 cm³/mol. The van der Waals surface area contributed by atoms with E-state index in [1.54, 1.807) is 23.7 Å². The molecule has 8 nitrogen and oxygen atoms in total. The zero-order valence-corrected chi connectivity index (χ0v) is 12.0. The molecule has 1 heterocycles. The predicted octanol–water partition coefficient (Wildman–Crippen LogP) is 0.273. The lowest BCUT2D eigenvalue weighted by Gasteiger charge is -2.13. The van der Waals surface area contributed by atoms with Gasteiger partial charge in [-0.15, -0.1) is 5.10 Å². The van der Waals surface area contributed by atoms with Crippen molar-refractivity contribution in [2.24, 2.45) is 5.73 Å². The summed E-state index contributed by atoms with van der Waals surface area (Å²) in [4.78, 5) is 11.9. The van der Waals surface area contributed by atoms with Crippen molar-refractivity contribution in [3.05, 3.63) is 30.1 Å². The van der Waals surface area contributed by atoms with E-state index in [4.69, 9.17) is 10.5 Å². The normalized spacial score (nSPS) is 12.1. The Labute approximate surface area is 122 Å². The topological polar surface area (TPSA) is 108 Å². The van der Waals surface area contributed by atoms with E-state index in [0.717, 1.165) is 5.69 Å². The molecule has 1 unspecified atom stereocenters. The van der Waals surface area contributed by atoms with E-state index in [2.05, 4.69) is 20.8 Å². The number of nitrogens with zero attached hydrogens (tertiary/aromatic N) is 4. The zero-order chi connectivity index (χ0) is 15.2. The molecule has 0 bridgehead atoms. The number of nitrogens with one attached hydrogen (secondary N) is 1. The van der Waals surface area contributed by atoms with Crippen LogP contribution in [0.5, 0.6) is 0 Å². The Hall–Kier alpha value is -2.32. The van der Waals surface area contributed by atoms with E-state index in [-0.39, 0.29) is 18.4 Å². The van der Waals surface area contributed by atoms with Crippen LogP contribution < -0.4 is 11.1 Å². The molecule has 2 rings (SSSR count). The van der Waals surface area contributed by atoms with Gasteiger partial charge in [-0.05, 0) is 35.5 Å². The number of ether oxygens (including phenoxy) is 1. The molecule has 112 valence electrons. The second-order valence-electron chi connectivity index (χ2n) is 4.53. The van der Waals surface area contributed by atoms with Crippen molar-refractivity contribution in [3.63, 3.8) is 0 Å². The van der Waals surface area contributed by atoms with Crippen LogP contribution in [0.2, 0.25) is 0 Å². The molecule has 8 heteroatoms. The SMILES string of the molecule is COC(CN)CC(=O)Nc1cccc(-n2nnnc2C)c1. The number of rotatable bonds is 6. The number of benzene rings is 1. The summed E-state index contributed by atoms with van der Waals surface area (Å²) in [5, 5.41) is 14.1. The summed E-state index contributed by atoms with van der Waals surface area (Å²) in [5.74, 6) is 0.513. The van der Waals surface area contributed by atoms with Gasteiger partial charge in [0.15, 0.2) is 5.82 Å². The van der Waals surface area contributed by atoms with Gasteiger partial charge in [0.1, 0.15) is 0 Å². The standard InChI is InChI=1S/C13H18N6O2/c1-9-16-17-18-19(9)11-5-3-4-10(6-11)15-13(20)7-12(8-14)21-2/h3-6,12H,7-8,14H2,1-2H3,(H,15,20). The number of aromatic nitrogens is 4. The van der Waals surface area contributed by atoms with Crippen molar-refractivity contribution in [1.29, 1.82) is 0 Å². The number of carbonyl (C=O) groups is 1. The lowest BCUT2D eigenvalue weighted by atomic mass is 10.2. The third-order valence-corrected chi connectivity index (χ3v) is 3.01. The number of hydrogen-bond donors (Lipinski definition) is 2. The molecular formula is C13H18N6O2. The van der Waals surface area contributed by atoms with Gasteiger partial charge >= 0.3 is 0 Å². The lowest BCUT2D eigenvalue weighted by molar-refractivity contribution is -0.118. The maximum absolute atomic E-state index is 11.9. The van der Waals surface area contributed by atoms with Crippen molar-refractivity contribution in [2.45, 2.75) is 19.4 Å². The fourth-order valence-electron chi connectivity index (χ4n) is 1.87. The second-order valence-corrected chi connectivity index (χ2v) is 4.53. The number of tetrazole rings is 1. The van der Waals surface area contributed by atoms with Crippen LogP contribution in [-0.2, 0) is 9.53 Å². The first-order valence-corrected chi connectivity index (χ1v) is 6.52. The molecule has 2 aromatic rings. The minimum absolute atomic E-state index is 0.155. The Balaban J connectivity index is 2.08. The first-order valence-electron chi connectivity index (χ1n) is 6.52. The van der Waals surface area contributed by atoms with Gasteiger partial charge in [0, 0.05) is 19.3 Å². The fourth-order valence-corrected chi connectivity index (χ4v) is 1.87. The highest BCUT2D eigenvalue weighted by Gasteiger charge is 2.12. The summed E-state index contributed by atoms with van der Waals surface area (Å²) in [6, 6.07) is 7.27. The second kappa shape index (κ2) is 6.91. The summed E-state index contributed by atoms with van der Waals surface area (Å²) in [6.07, 6.45) is -0.0730. The van der Waals surface area contributed by atoms with Crippen molar-refractivity contribution in [1.82, 2.24) is 20.2 Å². The van der Waals surface area contributed by atoms with Crippen molar-refractivity contribution < 1.29 is 9.53 Å². The Bertz CT molecular complexity index is 608. The van der Waals surface area contributed by atoms with Crippen LogP contribution in [0.4, 0.5) is 5.69 Å². The fraction of sp³-hybridized carbons (Fsp3) is 0.385. The molecule has 21 heavy (non-hydrogen) atoms. The molecule has 0 fully saturated rings. The van der Waals surface area contributed by atoms with Gasteiger partial charge in [-0.1, -0.05) is 6.07 Å². The summed E-state index contributed by atoms with van der Waals surface area (Å²) >= 11 is 0. The molecular weight excluding hydrogens is 272 g/mol. The largest absolute Gasteiger partial charge is 0.380 e. The van der Waals surface area contributed by atoms with Crippen molar-refractivity contribution in [3.8, 4) is 5.69 Å². The third-order valence-electron chi connectivity index (χ3n) is 3.01. The summed E-state index contributed by atoms with van der Waals surface area (Å²) in [7, 11) is 1.53. The molecule has 1 aromatic carbocycles. The van der Waals surface area contributed by atoms with E-state index >= 15 is 0 Å². The molecule has 1 aromatic heterocycles. The molecule has 0 aliphatic rings. The molecule has 1 amide bonds. The van der Waals surface area contributed by atoms with Gasteiger partial charge in [-0.25, -0.2) is 0 Å². The zero-order valence-electron chi connectivity index (χ0n) is 12.0. The average Bonchev–Trinajstić information content (AvgIpc) is 2.91. The molecule has 0 radical (unpaired) electrons. The molecule has 0 saturated heterocycles. The van der Waals surface area contributed by atoms with Crippen LogP contribution in [-0.4, -0.2) is 45.9 Å². The highest BCUT2D eigenvalue weighted by molar-refractivity contribution is 5.91. The Kier molecular flexibility index (Phi) is 4.96. The summed E-state index contributed by atoms with van der Waals surface area (Å²) < 4.78 is 6.68. The monoisotopic (exact) mass is 290 g/mol. The van der Waals surface area contributed by atoms with Crippen molar-refractivity contribution >= 4 is 11.6 Å². The minimum atomic E-state index is -0.282. The van der Waals surface area contributed by atoms with E-state index in [9.17, 15) is 4.79 Å². The Morgan fingerprint density at radius 2 is 2.33 bits per heavy atom. The van der Waals surface area contributed by atoms with E-state index in [1.165, 1.54) is 7.11 Å². The maximum Gasteiger partial charge on any atom is 0.227 e. The number of aryl methyl sites for hydroxylation is 1. The highest BCUT2D eigenvalue weighted by atomic mass is 16.5. The first-order chi connectivity index (χ1) is 10.1. The lowest BCUT2D eigenvalue weighted by Crippen LogP contribution is -2.28. The molecule has 0 saturated carbocycles. The summed E-state index contributed by atoms with van der Waals surface area (Å²) in [6.45, 7) is 2.10. The number of nitrogens with two attached hydrogens (primary N) is 1. The Morgan fingerprint density at radius 1 is 1.52 bits per heavy atom. The van der Waals surface area contributed by atoms with Gasteiger partial charge in [-0.3, -0.25) is 4.79 Å². The quantitative estimate of drug-likeness (QED) is 0.790. The van der Waals surface area contributed by atoms with Crippen LogP contribution in [0, 0.1) is 6.92 Å². The maximum atomic E-state index is 11.9. The van der Waals surface area contributed by atoms with Gasteiger partial charge in [0.2, 0.25) is 5.91 Å². The van der Waals surface area contributed by atoms with Crippen LogP contribution in [0.3, 0.4) is 0 Å². The van der Waals surface area contributed by atoms with Gasteiger partial charge in [0.05, 0.1) is 18.2 Å². The van der Waals surface area contributed by atoms with Crippen LogP contribution in [0.15, 0.2) is 24.3 Å². The van der Waals surface area contributed by atoms with E-state index in [1.807, 2.05) is 12.1 Å². The Morgan fingerprint density at radius 3 is 2.95 bits per heavy atom. The van der Waals surface area contributed by atoms with Crippen LogP contribution >= 0.6 is 0 Å². The third kappa shape index (κ3) is 3.83. The summed E-state index contributed by atoms with van der Waals surface area (Å²) in [5.41, 5.74) is 6.94. The smallest absolute Gasteiger partial charge is 0.227 e. The molecule has 0 aliphatic carbocycles. The molecule has 1 atom stereocenters. The number of carbonyl (C=O) groups excluding carboxylic acids is 1.